The maximum atomic E-state index is 12.3. The van der Waals surface area contributed by atoms with Gasteiger partial charge in [0, 0.05) is 16.1 Å². The summed E-state index contributed by atoms with van der Waals surface area (Å²) in [6.07, 6.45) is 1.99. The topological polar surface area (TPSA) is 69.6 Å². The molecule has 120 valence electrons. The van der Waals surface area contributed by atoms with Crippen molar-refractivity contribution in [3.63, 3.8) is 0 Å². The van der Waals surface area contributed by atoms with E-state index in [1.807, 2.05) is 36.1 Å². The summed E-state index contributed by atoms with van der Waals surface area (Å²) in [5, 5.41) is 12.1. The lowest BCUT2D eigenvalue weighted by atomic mass is 9.94. The van der Waals surface area contributed by atoms with Gasteiger partial charge < -0.3 is 10.4 Å². The van der Waals surface area contributed by atoms with E-state index >= 15 is 0 Å². The Morgan fingerprint density at radius 3 is 2.41 bits per heavy atom. The number of likely N-dealkylation sites (tertiary alicyclic amines) is 1. The SMILES string of the molecule is CCC(C(=O)O)N1CCC(C(=O)Nc2ccc(Br)cc2)CC1. The van der Waals surface area contributed by atoms with Gasteiger partial charge in [-0.05, 0) is 56.6 Å². The van der Waals surface area contributed by atoms with E-state index in [9.17, 15) is 14.7 Å². The number of benzene rings is 1. The number of carboxylic acid groups (broad SMARTS) is 1. The summed E-state index contributed by atoms with van der Waals surface area (Å²) in [4.78, 5) is 25.4. The number of nitrogens with zero attached hydrogens (tertiary/aromatic N) is 1. The smallest absolute Gasteiger partial charge is 0.320 e. The summed E-state index contributed by atoms with van der Waals surface area (Å²) in [6, 6.07) is 7.05. The number of rotatable bonds is 5. The third-order valence-corrected chi connectivity index (χ3v) is 4.65. The quantitative estimate of drug-likeness (QED) is 0.837. The number of aliphatic carboxylic acids is 1. The lowest BCUT2D eigenvalue weighted by Gasteiger charge is -2.34. The molecule has 2 N–H and O–H groups in total. The van der Waals surface area contributed by atoms with Gasteiger partial charge in [-0.1, -0.05) is 22.9 Å². The summed E-state index contributed by atoms with van der Waals surface area (Å²) >= 11 is 3.36. The van der Waals surface area contributed by atoms with Gasteiger partial charge in [0.2, 0.25) is 5.91 Å². The van der Waals surface area contributed by atoms with E-state index < -0.39 is 12.0 Å². The Labute approximate surface area is 138 Å². The average Bonchev–Trinajstić information content (AvgIpc) is 2.50. The first-order valence-electron chi connectivity index (χ1n) is 7.54. The van der Waals surface area contributed by atoms with Crippen molar-refractivity contribution in [3.05, 3.63) is 28.7 Å². The van der Waals surface area contributed by atoms with Crippen LogP contribution >= 0.6 is 15.9 Å². The van der Waals surface area contributed by atoms with Crippen molar-refractivity contribution in [1.29, 1.82) is 0 Å². The summed E-state index contributed by atoms with van der Waals surface area (Å²) in [7, 11) is 0. The monoisotopic (exact) mass is 368 g/mol. The van der Waals surface area contributed by atoms with Crippen molar-refractivity contribution in [1.82, 2.24) is 4.90 Å². The molecule has 1 aromatic carbocycles. The van der Waals surface area contributed by atoms with Gasteiger partial charge in [-0.3, -0.25) is 14.5 Å². The predicted molar refractivity (Wildman–Crippen MR) is 88.8 cm³/mol. The van der Waals surface area contributed by atoms with E-state index in [4.69, 9.17) is 0 Å². The highest BCUT2D eigenvalue weighted by atomic mass is 79.9. The summed E-state index contributed by atoms with van der Waals surface area (Å²) < 4.78 is 0.970. The van der Waals surface area contributed by atoms with Crippen molar-refractivity contribution in [2.24, 2.45) is 5.92 Å². The van der Waals surface area contributed by atoms with Crippen molar-refractivity contribution in [3.8, 4) is 0 Å². The molecule has 0 radical (unpaired) electrons. The number of halogens is 1. The highest BCUT2D eigenvalue weighted by molar-refractivity contribution is 9.10. The van der Waals surface area contributed by atoms with E-state index in [0.29, 0.717) is 32.4 Å². The highest BCUT2D eigenvalue weighted by Crippen LogP contribution is 2.22. The predicted octanol–water partition coefficient (Wildman–Crippen LogP) is 2.96. The fraction of sp³-hybridized carbons (Fsp3) is 0.500. The van der Waals surface area contributed by atoms with Crippen LogP contribution in [-0.2, 0) is 9.59 Å². The van der Waals surface area contributed by atoms with Crippen LogP contribution in [0.1, 0.15) is 26.2 Å². The number of nitrogens with one attached hydrogen (secondary N) is 1. The molecule has 0 saturated carbocycles. The van der Waals surface area contributed by atoms with E-state index in [1.54, 1.807) is 0 Å². The zero-order valence-corrected chi connectivity index (χ0v) is 14.2. The maximum Gasteiger partial charge on any atom is 0.320 e. The number of piperidine rings is 1. The second-order valence-electron chi connectivity index (χ2n) is 5.57. The van der Waals surface area contributed by atoms with Gasteiger partial charge in [0.05, 0.1) is 0 Å². The van der Waals surface area contributed by atoms with Crippen molar-refractivity contribution in [2.45, 2.75) is 32.2 Å². The molecule has 1 fully saturated rings. The second kappa shape index (κ2) is 7.74. The molecule has 1 heterocycles. The normalized spacial score (nSPS) is 17.9. The van der Waals surface area contributed by atoms with Crippen LogP contribution in [0.4, 0.5) is 5.69 Å². The van der Waals surface area contributed by atoms with Crippen LogP contribution < -0.4 is 5.32 Å². The standard InChI is InChI=1S/C16H21BrN2O3/c1-2-14(16(21)22)19-9-7-11(8-10-19)15(20)18-13-5-3-12(17)4-6-13/h3-6,11,14H,2,7-10H2,1H3,(H,18,20)(H,21,22). The molecule has 1 atom stereocenters. The van der Waals surface area contributed by atoms with E-state index in [-0.39, 0.29) is 11.8 Å². The van der Waals surface area contributed by atoms with Crippen LogP contribution in [0, 0.1) is 5.92 Å². The van der Waals surface area contributed by atoms with Crippen LogP contribution in [0.2, 0.25) is 0 Å². The molecule has 5 nitrogen and oxygen atoms in total. The molecule has 0 spiro atoms. The van der Waals surface area contributed by atoms with Gasteiger partial charge in [-0.2, -0.15) is 0 Å². The minimum Gasteiger partial charge on any atom is -0.480 e. The molecule has 22 heavy (non-hydrogen) atoms. The minimum atomic E-state index is -0.778. The van der Waals surface area contributed by atoms with Crippen molar-refractivity contribution in [2.75, 3.05) is 18.4 Å². The first-order chi connectivity index (χ1) is 10.5. The van der Waals surface area contributed by atoms with Crippen LogP contribution in [0.25, 0.3) is 0 Å². The summed E-state index contributed by atoms with van der Waals surface area (Å²) in [5.74, 6) is -0.809. The second-order valence-corrected chi connectivity index (χ2v) is 6.48. The average molecular weight is 369 g/mol. The molecular formula is C16H21BrN2O3. The molecule has 0 bridgehead atoms. The molecule has 1 saturated heterocycles. The van der Waals surface area contributed by atoms with E-state index in [2.05, 4.69) is 21.2 Å². The van der Waals surface area contributed by atoms with E-state index in [1.165, 1.54) is 0 Å². The number of amides is 1. The van der Waals surface area contributed by atoms with Gasteiger partial charge in [0.15, 0.2) is 0 Å². The molecule has 2 rings (SSSR count). The Morgan fingerprint density at radius 2 is 1.91 bits per heavy atom. The zero-order valence-electron chi connectivity index (χ0n) is 12.6. The van der Waals surface area contributed by atoms with Crippen LogP contribution in [-0.4, -0.2) is 41.0 Å². The fourth-order valence-corrected chi connectivity index (χ4v) is 3.10. The lowest BCUT2D eigenvalue weighted by Crippen LogP contribution is -2.46. The third kappa shape index (κ3) is 4.30. The number of carbonyl (C=O) groups excluding carboxylic acids is 1. The largest absolute Gasteiger partial charge is 0.480 e. The van der Waals surface area contributed by atoms with Crippen LogP contribution in [0.5, 0.6) is 0 Å². The van der Waals surface area contributed by atoms with Gasteiger partial charge in [0.1, 0.15) is 6.04 Å². The molecule has 1 aliphatic heterocycles. The molecule has 1 unspecified atom stereocenters. The first kappa shape index (κ1) is 17.0. The molecule has 1 amide bonds. The maximum absolute atomic E-state index is 12.3. The number of anilines is 1. The molecule has 0 aliphatic carbocycles. The highest BCUT2D eigenvalue weighted by Gasteiger charge is 2.30. The van der Waals surface area contributed by atoms with Gasteiger partial charge >= 0.3 is 5.97 Å². The molecule has 6 heteroatoms. The summed E-state index contributed by atoms with van der Waals surface area (Å²) in [6.45, 7) is 3.19. The Balaban J connectivity index is 1.87. The minimum absolute atomic E-state index is 0.0188. The molecule has 0 aromatic heterocycles. The number of hydrogen-bond donors (Lipinski definition) is 2. The Bertz CT molecular complexity index is 525. The third-order valence-electron chi connectivity index (χ3n) is 4.12. The molecular weight excluding hydrogens is 348 g/mol. The van der Waals surface area contributed by atoms with Gasteiger partial charge in [0.25, 0.3) is 0 Å². The van der Waals surface area contributed by atoms with Crippen molar-refractivity contribution < 1.29 is 14.7 Å². The Kier molecular flexibility index (Phi) is 5.97. The lowest BCUT2D eigenvalue weighted by molar-refractivity contribution is -0.144. The van der Waals surface area contributed by atoms with Gasteiger partial charge in [-0.25, -0.2) is 0 Å². The summed E-state index contributed by atoms with van der Waals surface area (Å²) in [5.41, 5.74) is 0.785. The zero-order chi connectivity index (χ0) is 16.1. The van der Waals surface area contributed by atoms with Crippen molar-refractivity contribution >= 4 is 33.5 Å². The Hall–Kier alpha value is -1.40. The van der Waals surface area contributed by atoms with Gasteiger partial charge in [-0.15, -0.1) is 0 Å². The molecule has 1 aromatic rings. The number of carboxylic acids is 1. The number of carbonyl (C=O) groups is 2. The number of hydrogen-bond acceptors (Lipinski definition) is 3. The van der Waals surface area contributed by atoms with Crippen LogP contribution in [0.15, 0.2) is 28.7 Å². The molecule has 1 aliphatic rings. The fourth-order valence-electron chi connectivity index (χ4n) is 2.84. The van der Waals surface area contributed by atoms with Crippen LogP contribution in [0.3, 0.4) is 0 Å². The van der Waals surface area contributed by atoms with E-state index in [0.717, 1.165) is 10.2 Å². The first-order valence-corrected chi connectivity index (χ1v) is 8.34. The Morgan fingerprint density at radius 1 is 1.32 bits per heavy atom.